The molecule has 2 rings (SSSR count). The molecule has 0 aliphatic carbocycles. The molecule has 3 N–H and O–H groups in total. The van der Waals surface area contributed by atoms with Crippen LogP contribution in [0.4, 0.5) is 4.79 Å². The number of primary amides is 1. The maximum atomic E-state index is 10.6. The van der Waals surface area contributed by atoms with Crippen molar-refractivity contribution in [3.05, 3.63) is 58.1 Å². The summed E-state index contributed by atoms with van der Waals surface area (Å²) in [5.41, 5.74) is 8.85. The highest BCUT2D eigenvalue weighted by Gasteiger charge is 2.11. The average Bonchev–Trinajstić information content (AvgIpc) is 2.54. The first kappa shape index (κ1) is 16.8. The third kappa shape index (κ3) is 5.00. The van der Waals surface area contributed by atoms with Crippen LogP contribution in [0.2, 0.25) is 0 Å². The van der Waals surface area contributed by atoms with E-state index in [-0.39, 0.29) is 0 Å². The first-order valence-electron chi connectivity index (χ1n) is 6.73. The first-order valence-corrected chi connectivity index (χ1v) is 7.52. The molecule has 0 aliphatic heterocycles. The van der Waals surface area contributed by atoms with Gasteiger partial charge in [0.05, 0.1) is 17.8 Å². The lowest BCUT2D eigenvalue weighted by Crippen LogP contribution is -2.24. The fourth-order valence-corrected chi connectivity index (χ4v) is 2.43. The average molecular weight is 378 g/mol. The largest absolute Gasteiger partial charge is 0.493 e. The molecule has 2 amide bonds. The van der Waals surface area contributed by atoms with E-state index >= 15 is 0 Å². The lowest BCUT2D eigenvalue weighted by atomic mass is 10.2. The standard InChI is InChI=1S/C16H16BrN3O3/c1-22-14-8-12(9-19-20-16(18)21)7-13(17)15(14)23-10-11-5-3-2-4-6-11/h2-9H,10H2,1H3,(H3,18,20,21)/b19-9+. The molecular formula is C16H16BrN3O3. The molecule has 0 atom stereocenters. The number of ether oxygens (including phenoxy) is 2. The van der Waals surface area contributed by atoms with Gasteiger partial charge in [0, 0.05) is 0 Å². The summed E-state index contributed by atoms with van der Waals surface area (Å²) in [6.07, 6.45) is 1.46. The van der Waals surface area contributed by atoms with Crippen LogP contribution in [-0.4, -0.2) is 19.4 Å². The maximum Gasteiger partial charge on any atom is 0.332 e. The molecule has 0 fully saturated rings. The molecule has 0 heterocycles. The number of urea groups is 1. The van der Waals surface area contributed by atoms with E-state index < -0.39 is 6.03 Å². The molecule has 2 aromatic rings. The first-order chi connectivity index (χ1) is 11.1. The Hall–Kier alpha value is -2.54. The number of hydrogen-bond donors (Lipinski definition) is 2. The molecule has 0 unspecified atom stereocenters. The Kier molecular flexibility index (Phi) is 5.99. The number of rotatable bonds is 6. The maximum absolute atomic E-state index is 10.6. The SMILES string of the molecule is COc1cc(/C=N/NC(N)=O)cc(Br)c1OCc1ccccc1. The van der Waals surface area contributed by atoms with Crippen molar-refractivity contribution in [3.8, 4) is 11.5 Å². The second kappa shape index (κ2) is 8.19. The third-order valence-corrected chi connectivity index (χ3v) is 3.46. The van der Waals surface area contributed by atoms with Crippen molar-refractivity contribution >= 4 is 28.2 Å². The number of hydrazone groups is 1. The van der Waals surface area contributed by atoms with Gasteiger partial charge in [-0.25, -0.2) is 10.2 Å². The number of nitrogens with zero attached hydrogens (tertiary/aromatic N) is 1. The van der Waals surface area contributed by atoms with Gasteiger partial charge in [-0.05, 0) is 39.2 Å². The van der Waals surface area contributed by atoms with Crippen molar-refractivity contribution < 1.29 is 14.3 Å². The molecule has 6 nitrogen and oxygen atoms in total. The monoisotopic (exact) mass is 377 g/mol. The minimum Gasteiger partial charge on any atom is -0.493 e. The van der Waals surface area contributed by atoms with Gasteiger partial charge in [-0.1, -0.05) is 30.3 Å². The summed E-state index contributed by atoms with van der Waals surface area (Å²) >= 11 is 3.45. The van der Waals surface area contributed by atoms with Gasteiger partial charge in [0.1, 0.15) is 6.61 Å². The van der Waals surface area contributed by atoms with Crippen LogP contribution in [0.15, 0.2) is 52.0 Å². The zero-order valence-corrected chi connectivity index (χ0v) is 14.0. The Morgan fingerprint density at radius 3 is 2.74 bits per heavy atom. The number of nitrogens with two attached hydrogens (primary N) is 1. The van der Waals surface area contributed by atoms with Crippen LogP contribution < -0.4 is 20.6 Å². The van der Waals surface area contributed by atoms with E-state index in [4.69, 9.17) is 15.2 Å². The molecule has 0 bridgehead atoms. The van der Waals surface area contributed by atoms with Crippen molar-refractivity contribution in [2.75, 3.05) is 7.11 Å². The van der Waals surface area contributed by atoms with E-state index in [9.17, 15) is 4.79 Å². The zero-order chi connectivity index (χ0) is 16.7. The van der Waals surface area contributed by atoms with E-state index in [2.05, 4.69) is 26.5 Å². The molecular weight excluding hydrogens is 362 g/mol. The second-order valence-corrected chi connectivity index (χ2v) is 5.40. The third-order valence-electron chi connectivity index (χ3n) is 2.87. The van der Waals surface area contributed by atoms with Crippen molar-refractivity contribution in [3.63, 3.8) is 0 Å². The molecule has 120 valence electrons. The number of benzene rings is 2. The molecule has 0 aliphatic rings. The number of carbonyl (C=O) groups is 1. The summed E-state index contributed by atoms with van der Waals surface area (Å²) in [6, 6.07) is 12.6. The smallest absolute Gasteiger partial charge is 0.332 e. The van der Waals surface area contributed by atoms with E-state index in [1.54, 1.807) is 19.2 Å². The highest BCUT2D eigenvalue weighted by atomic mass is 79.9. The van der Waals surface area contributed by atoms with E-state index in [0.717, 1.165) is 11.1 Å². The van der Waals surface area contributed by atoms with Gasteiger partial charge in [-0.15, -0.1) is 0 Å². The van der Waals surface area contributed by atoms with Gasteiger partial charge in [0.25, 0.3) is 0 Å². The minimum atomic E-state index is -0.727. The highest BCUT2D eigenvalue weighted by Crippen LogP contribution is 2.36. The molecule has 0 saturated heterocycles. The van der Waals surface area contributed by atoms with E-state index in [0.29, 0.717) is 22.6 Å². The normalized spacial score (nSPS) is 10.5. The molecule has 0 aromatic heterocycles. The van der Waals surface area contributed by atoms with Crippen molar-refractivity contribution in [1.82, 2.24) is 5.43 Å². The van der Waals surface area contributed by atoms with Crippen LogP contribution >= 0.6 is 15.9 Å². The van der Waals surface area contributed by atoms with Gasteiger partial charge >= 0.3 is 6.03 Å². The number of carbonyl (C=O) groups excluding carboxylic acids is 1. The number of methoxy groups -OCH3 is 1. The zero-order valence-electron chi connectivity index (χ0n) is 12.5. The van der Waals surface area contributed by atoms with Crippen molar-refractivity contribution in [1.29, 1.82) is 0 Å². The quantitative estimate of drug-likeness (QED) is 0.599. The van der Waals surface area contributed by atoms with Crippen LogP contribution in [0.1, 0.15) is 11.1 Å². The predicted octanol–water partition coefficient (Wildman–Crippen LogP) is 3.04. The Bertz CT molecular complexity index is 705. The summed E-state index contributed by atoms with van der Waals surface area (Å²) < 4.78 is 11.9. The van der Waals surface area contributed by atoms with E-state index in [1.807, 2.05) is 30.3 Å². The van der Waals surface area contributed by atoms with Crippen molar-refractivity contribution in [2.45, 2.75) is 6.61 Å². The Morgan fingerprint density at radius 2 is 2.09 bits per heavy atom. The number of nitrogens with one attached hydrogen (secondary N) is 1. The number of hydrogen-bond acceptors (Lipinski definition) is 4. The van der Waals surface area contributed by atoms with Crippen LogP contribution in [0.5, 0.6) is 11.5 Å². The fraction of sp³-hybridized carbons (Fsp3) is 0.125. The molecule has 2 aromatic carbocycles. The van der Waals surface area contributed by atoms with Gasteiger partial charge in [0.15, 0.2) is 11.5 Å². The second-order valence-electron chi connectivity index (χ2n) is 4.54. The lowest BCUT2D eigenvalue weighted by Gasteiger charge is -2.13. The number of amides is 2. The van der Waals surface area contributed by atoms with Crippen LogP contribution in [0, 0.1) is 0 Å². The summed E-state index contributed by atoms with van der Waals surface area (Å²) in [5, 5.41) is 3.71. The lowest BCUT2D eigenvalue weighted by molar-refractivity contribution is 0.249. The predicted molar refractivity (Wildman–Crippen MR) is 91.8 cm³/mol. The molecule has 7 heteroatoms. The van der Waals surface area contributed by atoms with Gasteiger partial charge in [-0.2, -0.15) is 5.10 Å². The van der Waals surface area contributed by atoms with Crippen LogP contribution in [0.3, 0.4) is 0 Å². The van der Waals surface area contributed by atoms with Crippen LogP contribution in [0.25, 0.3) is 0 Å². The Morgan fingerprint density at radius 1 is 1.35 bits per heavy atom. The summed E-state index contributed by atoms with van der Waals surface area (Å²) in [5.74, 6) is 1.15. The summed E-state index contributed by atoms with van der Waals surface area (Å²) in [6.45, 7) is 0.423. The Balaban J connectivity index is 2.16. The van der Waals surface area contributed by atoms with E-state index in [1.165, 1.54) is 6.21 Å². The summed E-state index contributed by atoms with van der Waals surface area (Å²) in [7, 11) is 1.56. The van der Waals surface area contributed by atoms with Crippen LogP contribution in [-0.2, 0) is 6.61 Å². The summed E-state index contributed by atoms with van der Waals surface area (Å²) in [4.78, 5) is 10.6. The van der Waals surface area contributed by atoms with Gasteiger partial charge in [-0.3, -0.25) is 0 Å². The molecule has 0 spiro atoms. The minimum absolute atomic E-state index is 0.423. The fourth-order valence-electron chi connectivity index (χ4n) is 1.85. The number of halogens is 1. The van der Waals surface area contributed by atoms with Gasteiger partial charge < -0.3 is 15.2 Å². The van der Waals surface area contributed by atoms with Crippen molar-refractivity contribution in [2.24, 2.45) is 10.8 Å². The molecule has 0 radical (unpaired) electrons. The highest BCUT2D eigenvalue weighted by molar-refractivity contribution is 9.10. The van der Waals surface area contributed by atoms with Gasteiger partial charge in [0.2, 0.25) is 0 Å². The molecule has 0 saturated carbocycles. The molecule has 23 heavy (non-hydrogen) atoms. The topological polar surface area (TPSA) is 85.9 Å². The Labute approximate surface area is 142 Å².